The zero-order chi connectivity index (χ0) is 22.3. The fourth-order valence-electron chi connectivity index (χ4n) is 2.87. The summed E-state index contributed by atoms with van der Waals surface area (Å²) in [6, 6.07) is 4.85. The summed E-state index contributed by atoms with van der Waals surface area (Å²) in [4.78, 5) is 35.4. The molecule has 0 unspecified atom stereocenters. The number of hydrogen-bond donors (Lipinski definition) is 1. The van der Waals surface area contributed by atoms with Gasteiger partial charge in [0.05, 0.1) is 12.5 Å². The molecule has 11 heteroatoms. The molecule has 1 atom stereocenters. The molecule has 0 fully saturated rings. The van der Waals surface area contributed by atoms with E-state index >= 15 is 0 Å². The molecular formula is C19H24BF2NO7. The summed E-state index contributed by atoms with van der Waals surface area (Å²) in [5, 5.41) is 2.70. The zero-order valence-electron chi connectivity index (χ0n) is 17.0. The highest BCUT2D eigenvalue weighted by Gasteiger charge is 2.35. The third kappa shape index (κ3) is 6.89. The standard InChI is InChI=1S/C19H24BF2NO7/c1-4-27-18(26)29-11-28-17(25)13-7-5-6-12-10-14(20(3)30-16(12)13)23-15(24)8-9-19(2,21)22/h5-7,14H,4,8-11H2,1-3H3,(H,23,24)/t14-/m0/s1. The maximum atomic E-state index is 12.9. The lowest BCUT2D eigenvalue weighted by Crippen LogP contribution is -2.51. The monoisotopic (exact) mass is 427 g/mol. The van der Waals surface area contributed by atoms with Crippen LogP contribution in [0.25, 0.3) is 0 Å². The first kappa shape index (κ1) is 23.4. The van der Waals surface area contributed by atoms with Crippen LogP contribution in [0.15, 0.2) is 18.2 Å². The first-order valence-corrected chi connectivity index (χ1v) is 9.53. The van der Waals surface area contributed by atoms with Crippen molar-refractivity contribution < 1.29 is 42.0 Å². The van der Waals surface area contributed by atoms with Crippen molar-refractivity contribution in [3.8, 4) is 5.75 Å². The Kier molecular flexibility index (Phi) is 8.02. The van der Waals surface area contributed by atoms with Crippen molar-refractivity contribution in [3.63, 3.8) is 0 Å². The van der Waals surface area contributed by atoms with E-state index in [1.165, 1.54) is 6.07 Å². The second-order valence-electron chi connectivity index (χ2n) is 6.94. The molecule has 164 valence electrons. The van der Waals surface area contributed by atoms with Crippen LogP contribution in [0.2, 0.25) is 6.82 Å². The first-order valence-electron chi connectivity index (χ1n) is 9.53. The normalized spacial score (nSPS) is 15.5. The SMILES string of the molecule is CCOC(=O)OCOC(=O)c1cccc2c1OB(C)[C@@H](NC(=O)CCC(C)(F)F)C2. The van der Waals surface area contributed by atoms with Crippen molar-refractivity contribution >= 4 is 24.9 Å². The van der Waals surface area contributed by atoms with Crippen LogP contribution in [0, 0.1) is 0 Å². The number of esters is 1. The number of halogens is 2. The third-order valence-electron chi connectivity index (χ3n) is 4.39. The minimum Gasteiger partial charge on any atom is -0.558 e. The van der Waals surface area contributed by atoms with Gasteiger partial charge in [0.25, 0.3) is 0 Å². The molecule has 0 radical (unpaired) electrons. The van der Waals surface area contributed by atoms with Crippen LogP contribution in [0.4, 0.5) is 13.6 Å². The highest BCUT2D eigenvalue weighted by atomic mass is 19.3. The Balaban J connectivity index is 1.99. The van der Waals surface area contributed by atoms with E-state index < -0.39 is 50.0 Å². The Morgan fingerprint density at radius 2 is 2.00 bits per heavy atom. The van der Waals surface area contributed by atoms with Gasteiger partial charge in [-0.25, -0.2) is 18.4 Å². The van der Waals surface area contributed by atoms with E-state index in [-0.39, 0.29) is 18.6 Å². The van der Waals surface area contributed by atoms with Crippen LogP contribution in [-0.2, 0) is 25.4 Å². The Hall–Kier alpha value is -2.85. The number of rotatable bonds is 8. The molecule has 0 aliphatic carbocycles. The van der Waals surface area contributed by atoms with Gasteiger partial charge in [-0.2, -0.15) is 0 Å². The largest absolute Gasteiger partial charge is 0.558 e. The first-order chi connectivity index (χ1) is 14.1. The highest BCUT2D eigenvalue weighted by Crippen LogP contribution is 2.31. The molecule has 30 heavy (non-hydrogen) atoms. The van der Waals surface area contributed by atoms with E-state index in [2.05, 4.69) is 14.8 Å². The minimum atomic E-state index is -2.91. The van der Waals surface area contributed by atoms with Gasteiger partial charge in [0.15, 0.2) is 0 Å². The van der Waals surface area contributed by atoms with Crippen LogP contribution in [0.5, 0.6) is 5.75 Å². The van der Waals surface area contributed by atoms with Gasteiger partial charge < -0.3 is 24.2 Å². The number of amides is 1. The second-order valence-corrected chi connectivity index (χ2v) is 6.94. The number of alkyl halides is 2. The Bertz CT molecular complexity index is 785. The van der Waals surface area contributed by atoms with Gasteiger partial charge in [0, 0.05) is 12.8 Å². The number of fused-ring (bicyclic) bond motifs is 1. The molecule has 0 spiro atoms. The van der Waals surface area contributed by atoms with Crippen LogP contribution >= 0.6 is 0 Å². The molecule has 1 aliphatic heterocycles. The number of hydrogen-bond acceptors (Lipinski definition) is 7. The lowest BCUT2D eigenvalue weighted by molar-refractivity contribution is -0.123. The molecule has 0 saturated heterocycles. The summed E-state index contributed by atoms with van der Waals surface area (Å²) in [6.45, 7) is 3.08. The topological polar surface area (TPSA) is 100 Å². The van der Waals surface area contributed by atoms with Crippen LogP contribution in [-0.4, -0.2) is 50.2 Å². The van der Waals surface area contributed by atoms with Crippen LogP contribution in [0.3, 0.4) is 0 Å². The summed E-state index contributed by atoms with van der Waals surface area (Å²) in [6.07, 6.45) is -1.44. The highest BCUT2D eigenvalue weighted by molar-refractivity contribution is 6.54. The van der Waals surface area contributed by atoms with E-state index in [4.69, 9.17) is 9.39 Å². The number of para-hydroxylation sites is 1. The summed E-state index contributed by atoms with van der Waals surface area (Å²) < 4.78 is 45.8. The summed E-state index contributed by atoms with van der Waals surface area (Å²) in [5.41, 5.74) is 0.794. The maximum absolute atomic E-state index is 12.9. The van der Waals surface area contributed by atoms with Crippen molar-refractivity contribution in [1.82, 2.24) is 5.32 Å². The molecule has 0 bridgehead atoms. The van der Waals surface area contributed by atoms with Crippen molar-refractivity contribution in [2.45, 2.75) is 51.8 Å². The predicted molar refractivity (Wildman–Crippen MR) is 103 cm³/mol. The van der Waals surface area contributed by atoms with E-state index in [1.807, 2.05) is 0 Å². The molecule has 1 aromatic carbocycles. The van der Waals surface area contributed by atoms with Gasteiger partial charge in [-0.3, -0.25) is 4.79 Å². The lowest BCUT2D eigenvalue weighted by atomic mass is 9.59. The van der Waals surface area contributed by atoms with E-state index in [9.17, 15) is 23.2 Å². The van der Waals surface area contributed by atoms with Gasteiger partial charge in [-0.05, 0) is 38.7 Å². The van der Waals surface area contributed by atoms with Gasteiger partial charge in [0.1, 0.15) is 11.3 Å². The number of carbonyl (C=O) groups excluding carboxylic acids is 3. The Morgan fingerprint density at radius 3 is 2.67 bits per heavy atom. The van der Waals surface area contributed by atoms with Gasteiger partial charge in [0.2, 0.25) is 18.6 Å². The predicted octanol–water partition coefficient (Wildman–Crippen LogP) is 2.99. The van der Waals surface area contributed by atoms with Gasteiger partial charge in [-0.15, -0.1) is 0 Å². The van der Waals surface area contributed by atoms with Crippen LogP contribution < -0.4 is 9.97 Å². The molecule has 1 amide bonds. The molecule has 2 rings (SSSR count). The number of carbonyl (C=O) groups is 3. The van der Waals surface area contributed by atoms with Gasteiger partial charge >= 0.3 is 19.0 Å². The number of benzene rings is 1. The molecule has 1 aliphatic rings. The average molecular weight is 427 g/mol. The minimum absolute atomic E-state index is 0.128. The smallest absolute Gasteiger partial charge is 0.511 e. The second kappa shape index (κ2) is 10.3. The van der Waals surface area contributed by atoms with Crippen molar-refractivity contribution in [1.29, 1.82) is 0 Å². The van der Waals surface area contributed by atoms with E-state index in [1.54, 1.807) is 25.9 Å². The molecular weight excluding hydrogens is 403 g/mol. The molecule has 1 heterocycles. The number of ether oxygens (including phenoxy) is 3. The maximum Gasteiger partial charge on any atom is 0.511 e. The molecule has 1 aromatic rings. The quantitative estimate of drug-likeness (QED) is 0.387. The lowest BCUT2D eigenvalue weighted by Gasteiger charge is -2.31. The fraction of sp³-hybridized carbons (Fsp3) is 0.526. The Labute approximate surface area is 173 Å². The average Bonchev–Trinajstić information content (AvgIpc) is 2.66. The summed E-state index contributed by atoms with van der Waals surface area (Å²) in [7, 11) is 0. The summed E-state index contributed by atoms with van der Waals surface area (Å²) >= 11 is 0. The van der Waals surface area contributed by atoms with E-state index in [0.717, 1.165) is 6.92 Å². The van der Waals surface area contributed by atoms with Crippen LogP contribution in [0.1, 0.15) is 42.6 Å². The van der Waals surface area contributed by atoms with Crippen molar-refractivity contribution in [3.05, 3.63) is 29.3 Å². The zero-order valence-corrected chi connectivity index (χ0v) is 17.0. The molecule has 0 saturated carbocycles. The van der Waals surface area contributed by atoms with E-state index in [0.29, 0.717) is 17.7 Å². The van der Waals surface area contributed by atoms with Gasteiger partial charge in [-0.1, -0.05) is 12.1 Å². The fourth-order valence-corrected chi connectivity index (χ4v) is 2.87. The van der Waals surface area contributed by atoms with Crippen molar-refractivity contribution in [2.24, 2.45) is 0 Å². The van der Waals surface area contributed by atoms with Crippen molar-refractivity contribution in [2.75, 3.05) is 13.4 Å². The Morgan fingerprint density at radius 1 is 1.27 bits per heavy atom. The molecule has 1 N–H and O–H groups in total. The molecule has 0 aromatic heterocycles. The third-order valence-corrected chi connectivity index (χ3v) is 4.39. The summed E-state index contributed by atoms with van der Waals surface area (Å²) in [5.74, 6) is -4.29. The molecule has 8 nitrogen and oxygen atoms in total. The number of nitrogens with one attached hydrogen (secondary N) is 1.